The molecule has 112 valence electrons. The predicted octanol–water partition coefficient (Wildman–Crippen LogP) is 0.783. The van der Waals surface area contributed by atoms with Gasteiger partial charge in [0.15, 0.2) is 5.69 Å². The molecule has 0 aliphatic rings. The normalized spacial score (nSPS) is 9.96. The van der Waals surface area contributed by atoms with Gasteiger partial charge < -0.3 is 9.84 Å². The van der Waals surface area contributed by atoms with Crippen LogP contribution in [0.4, 0.5) is 0 Å². The molecule has 23 heavy (non-hydrogen) atoms. The molecule has 9 heteroatoms. The molecule has 0 saturated carbocycles. The molecule has 0 spiro atoms. The third-order valence-corrected chi connectivity index (χ3v) is 2.94. The fourth-order valence-corrected chi connectivity index (χ4v) is 1.92. The van der Waals surface area contributed by atoms with Crippen molar-refractivity contribution in [1.82, 2.24) is 25.0 Å². The van der Waals surface area contributed by atoms with Crippen molar-refractivity contribution in [2.75, 3.05) is 7.11 Å². The summed E-state index contributed by atoms with van der Waals surface area (Å²) in [7, 11) is 1.52. The molecule has 0 saturated heterocycles. The number of hydrogen-bond donors (Lipinski definition) is 1. The van der Waals surface area contributed by atoms with Crippen LogP contribution in [0.1, 0.15) is 10.5 Å². The molecule has 3 aromatic rings. The first-order chi connectivity index (χ1) is 10.7. The summed E-state index contributed by atoms with van der Waals surface area (Å²) >= 11 is 0. The average molecular weight is 305 g/mol. The van der Waals surface area contributed by atoms with E-state index in [2.05, 4.69) is 20.3 Å². The Morgan fingerprint density at radius 3 is 2.70 bits per heavy atom. The molecule has 0 unspecified atom stereocenters. The van der Waals surface area contributed by atoms with Crippen molar-refractivity contribution in [3.05, 3.63) is 48.4 Å². The van der Waals surface area contributed by atoms with Crippen molar-refractivity contribution in [3.8, 4) is 23.0 Å². The summed E-state index contributed by atoms with van der Waals surface area (Å²) in [6.07, 6.45) is 3.08. The molecule has 0 bridgehead atoms. The number of nitrogens with zero attached hydrogens (tertiary/aromatic N) is 5. The maximum absolute atomic E-state index is 11.2. The number of carbonyl (C=O) groups is 1. The topological polar surface area (TPSA) is 103 Å². The molecule has 0 aliphatic carbocycles. The van der Waals surface area contributed by atoms with Gasteiger partial charge in [-0.1, -0.05) is 0 Å². The van der Waals surface area contributed by atoms with Crippen LogP contribution in [-0.2, 0) is 0 Å². The van der Waals surface area contributed by atoms with Gasteiger partial charge in [0.25, 0.3) is 0 Å². The minimum absolute atomic E-state index is 0. The Bertz CT molecular complexity index is 805. The van der Waals surface area contributed by atoms with Crippen LogP contribution in [0.2, 0.25) is 0 Å². The van der Waals surface area contributed by atoms with Gasteiger partial charge in [-0.15, -0.1) is 5.10 Å². The number of hydrogen-bond acceptors (Lipinski definition) is 6. The molecule has 3 aromatic heterocycles. The monoisotopic (exact) mass is 305 g/mol. The Kier molecular flexibility index (Phi) is 5.11. The van der Waals surface area contributed by atoms with Crippen molar-refractivity contribution >= 4 is 24.8 Å². The van der Waals surface area contributed by atoms with Gasteiger partial charge in [-0.05, 0) is 18.2 Å². The van der Waals surface area contributed by atoms with Gasteiger partial charge in [0.2, 0.25) is 5.88 Å². The van der Waals surface area contributed by atoms with Gasteiger partial charge in [0, 0.05) is 18.3 Å². The van der Waals surface area contributed by atoms with Gasteiger partial charge in [-0.2, -0.15) is 10.2 Å². The van der Waals surface area contributed by atoms with Gasteiger partial charge in [-0.25, -0.2) is 14.5 Å². The van der Waals surface area contributed by atoms with E-state index < -0.39 is 5.97 Å². The van der Waals surface area contributed by atoms with Crippen molar-refractivity contribution in [2.24, 2.45) is 0 Å². The Morgan fingerprint density at radius 1 is 1.30 bits per heavy atom. The molecular weight excluding hydrogens is 293 g/mol. The van der Waals surface area contributed by atoms with E-state index in [0.29, 0.717) is 23.0 Å². The number of aromatic carboxylic acids is 1. The Labute approximate surface area is 143 Å². The number of carboxylic acids is 1. The third-order valence-electron chi connectivity index (χ3n) is 2.94. The summed E-state index contributed by atoms with van der Waals surface area (Å²) in [6, 6.07) is 8.27. The fraction of sp³-hybridized carbons (Fsp3) is 0.0714. The van der Waals surface area contributed by atoms with Gasteiger partial charge in [0.05, 0.1) is 24.7 Å². The Morgan fingerprint density at radius 2 is 2.13 bits per heavy atom. The van der Waals surface area contributed by atoms with Crippen LogP contribution in [-0.4, -0.2) is 62.0 Å². The zero-order chi connectivity index (χ0) is 15.5. The second-order valence-electron chi connectivity index (χ2n) is 4.30. The Hall–Kier alpha value is -2.69. The second kappa shape index (κ2) is 7.04. The zero-order valence-corrected chi connectivity index (χ0v) is 11.5. The summed E-state index contributed by atoms with van der Waals surface area (Å²) in [5.41, 5.74) is 1.53. The number of methoxy groups -OCH3 is 1. The van der Waals surface area contributed by atoms with E-state index in [9.17, 15) is 4.79 Å². The molecule has 8 nitrogen and oxygen atoms in total. The number of carboxylic acid groups (broad SMARTS) is 1. The summed E-state index contributed by atoms with van der Waals surface area (Å²) in [4.78, 5) is 15.3. The van der Waals surface area contributed by atoms with Crippen LogP contribution in [0.3, 0.4) is 0 Å². The molecule has 0 aliphatic heterocycles. The van der Waals surface area contributed by atoms with Gasteiger partial charge >= 0.3 is 24.8 Å². The van der Waals surface area contributed by atoms with E-state index in [4.69, 9.17) is 9.84 Å². The number of rotatable bonds is 4. The van der Waals surface area contributed by atoms with E-state index >= 15 is 0 Å². The van der Waals surface area contributed by atoms with Crippen molar-refractivity contribution in [3.63, 3.8) is 0 Å². The van der Waals surface area contributed by atoms with Crippen molar-refractivity contribution in [1.29, 1.82) is 0 Å². The predicted molar refractivity (Wildman–Crippen MR) is 83.0 cm³/mol. The van der Waals surface area contributed by atoms with Crippen LogP contribution < -0.4 is 4.74 Å². The van der Waals surface area contributed by atoms with Gasteiger partial charge in [0.1, 0.15) is 5.69 Å². The SMILES string of the molecule is COc1ccc(-n2nc(C(=O)O)cc2-c2cccnn2)cn1.[LiH]. The number of pyridine rings is 1. The quantitative estimate of drug-likeness (QED) is 0.710. The summed E-state index contributed by atoms with van der Waals surface area (Å²) < 4.78 is 6.46. The van der Waals surface area contributed by atoms with E-state index in [1.54, 1.807) is 24.3 Å². The standard InChI is InChI=1S/C14H11N5O3.Li.H/c1-22-13-5-4-9(8-15-13)19-12(7-11(18-19)14(20)21)10-3-2-6-16-17-10;;/h2-8H,1H3,(H,20,21);;. The molecule has 0 atom stereocenters. The molecule has 3 heterocycles. The molecule has 0 aromatic carbocycles. The third kappa shape index (κ3) is 3.39. The maximum atomic E-state index is 11.2. The van der Waals surface area contributed by atoms with Gasteiger partial charge in [-0.3, -0.25) is 0 Å². The van der Waals surface area contributed by atoms with Crippen LogP contribution in [0, 0.1) is 0 Å². The average Bonchev–Trinajstić information content (AvgIpc) is 3.01. The first kappa shape index (κ1) is 16.7. The first-order valence-electron chi connectivity index (χ1n) is 6.31. The zero-order valence-electron chi connectivity index (χ0n) is 11.5. The summed E-state index contributed by atoms with van der Waals surface area (Å²) in [5.74, 6) is -0.666. The molecule has 3 rings (SSSR count). The Balaban J connectivity index is 0.00000192. The molecule has 0 fully saturated rings. The summed E-state index contributed by atoms with van der Waals surface area (Å²) in [6.45, 7) is 0. The molecule has 1 N–H and O–H groups in total. The molecular formula is C14H12LiN5O3. The second-order valence-corrected chi connectivity index (χ2v) is 4.30. The fourth-order valence-electron chi connectivity index (χ4n) is 1.92. The minimum atomic E-state index is -1.12. The van der Waals surface area contributed by atoms with E-state index in [1.165, 1.54) is 30.3 Å². The van der Waals surface area contributed by atoms with E-state index in [1.807, 2.05) is 0 Å². The molecule has 0 amide bonds. The van der Waals surface area contributed by atoms with Crippen molar-refractivity contribution in [2.45, 2.75) is 0 Å². The van der Waals surface area contributed by atoms with Crippen LogP contribution in [0.5, 0.6) is 5.88 Å². The van der Waals surface area contributed by atoms with E-state index in [0.717, 1.165) is 0 Å². The summed E-state index contributed by atoms with van der Waals surface area (Å²) in [5, 5.41) is 21.0. The van der Waals surface area contributed by atoms with E-state index in [-0.39, 0.29) is 24.6 Å². The van der Waals surface area contributed by atoms with Crippen LogP contribution >= 0.6 is 0 Å². The first-order valence-corrected chi connectivity index (χ1v) is 6.31. The number of aromatic nitrogens is 5. The molecule has 0 radical (unpaired) electrons. The number of ether oxygens (including phenoxy) is 1. The van der Waals surface area contributed by atoms with Crippen molar-refractivity contribution < 1.29 is 14.6 Å². The van der Waals surface area contributed by atoms with Crippen LogP contribution in [0.25, 0.3) is 17.1 Å². The van der Waals surface area contributed by atoms with Crippen LogP contribution in [0.15, 0.2) is 42.7 Å².